The van der Waals surface area contributed by atoms with E-state index >= 15 is 0 Å². The smallest absolute Gasteiger partial charge is 3.00 e. The molecule has 1 atom stereocenters. The molecule has 5 nitrogen and oxygen atoms in total. The number of aromatic nitrogens is 2. The molecule has 11 aromatic rings. The fourth-order valence-corrected chi connectivity index (χ4v) is 12.1. The van der Waals surface area contributed by atoms with Crippen molar-refractivity contribution < 1.29 is 28.9 Å². The molecule has 7 aromatic carbocycles. The Morgan fingerprint density at radius 3 is 2.31 bits per heavy atom. The van der Waals surface area contributed by atoms with Crippen LogP contribution in [0.25, 0.3) is 80.5 Å². The molecule has 0 N–H and O–H groups in total. The Hall–Kier alpha value is -5.90. The number of furan rings is 1. The van der Waals surface area contributed by atoms with Crippen LogP contribution in [0.3, 0.4) is 0 Å². The summed E-state index contributed by atoms with van der Waals surface area (Å²) in [5.41, 5.74) is 9.37. The minimum atomic E-state index is -1.83. The predicted molar refractivity (Wildman–Crippen MR) is 265 cm³/mol. The molecular formula is C55H42FGeIrN4OS. The van der Waals surface area contributed by atoms with E-state index in [2.05, 4.69) is 168 Å². The van der Waals surface area contributed by atoms with Gasteiger partial charge in [0.2, 0.25) is 0 Å². The van der Waals surface area contributed by atoms with E-state index in [1.54, 1.807) is 23.5 Å². The Kier molecular flexibility index (Phi) is 10.9. The van der Waals surface area contributed by atoms with Crippen LogP contribution >= 0.6 is 11.3 Å². The number of hydrogen-bond acceptors (Lipinski definition) is 5. The molecule has 0 aliphatic carbocycles. The number of anilines is 2. The van der Waals surface area contributed by atoms with Gasteiger partial charge in [-0.1, -0.05) is 85.3 Å². The van der Waals surface area contributed by atoms with E-state index in [1.807, 2.05) is 18.3 Å². The summed E-state index contributed by atoms with van der Waals surface area (Å²) in [4.78, 5) is 13.0. The fraction of sp³-hybridized carbons (Fsp3) is 0.127. The number of benzene rings is 7. The third kappa shape index (κ3) is 7.36. The van der Waals surface area contributed by atoms with Gasteiger partial charge in [0.05, 0.1) is 5.52 Å². The van der Waals surface area contributed by atoms with Crippen LogP contribution in [-0.2, 0) is 20.1 Å². The zero-order valence-electron chi connectivity index (χ0n) is 35.9. The molecule has 4 aromatic heterocycles. The first-order valence-electron chi connectivity index (χ1n) is 21.3. The quantitative estimate of drug-likeness (QED) is 0.0979. The van der Waals surface area contributed by atoms with Gasteiger partial charge in [0.1, 0.15) is 16.0 Å². The summed E-state index contributed by atoms with van der Waals surface area (Å²) in [6, 6.07) is 56.1. The van der Waals surface area contributed by atoms with E-state index in [-0.39, 0.29) is 32.1 Å². The number of hydrogen-bond donors (Lipinski definition) is 0. The molecule has 9 heteroatoms. The fourth-order valence-electron chi connectivity index (χ4n) is 8.74. The number of halogens is 1. The number of thiophene rings is 1. The molecule has 0 saturated heterocycles. The molecule has 314 valence electrons. The van der Waals surface area contributed by atoms with Crippen molar-refractivity contribution in [3.63, 3.8) is 0 Å². The zero-order chi connectivity index (χ0) is 43.0. The second-order valence-corrected chi connectivity index (χ2v) is 29.2. The maximum atomic E-state index is 13.6. The zero-order valence-corrected chi connectivity index (χ0v) is 41.2. The van der Waals surface area contributed by atoms with Crippen molar-refractivity contribution in [1.82, 2.24) is 9.97 Å². The minimum absolute atomic E-state index is 0. The Bertz CT molecular complexity index is 3560. The van der Waals surface area contributed by atoms with Crippen molar-refractivity contribution in [3.8, 4) is 11.3 Å². The Morgan fingerprint density at radius 1 is 0.734 bits per heavy atom. The van der Waals surface area contributed by atoms with Gasteiger partial charge >= 0.3 is 124 Å². The molecule has 0 fully saturated rings. The van der Waals surface area contributed by atoms with Crippen molar-refractivity contribution in [2.24, 2.45) is 0 Å². The van der Waals surface area contributed by atoms with Gasteiger partial charge in [0.15, 0.2) is 0 Å². The number of pyridine rings is 2. The molecule has 0 radical (unpaired) electrons. The largest absolute Gasteiger partial charge is 3.00 e. The Labute approximate surface area is 391 Å². The van der Waals surface area contributed by atoms with E-state index in [0.717, 1.165) is 60.3 Å². The van der Waals surface area contributed by atoms with E-state index in [4.69, 9.17) is 14.7 Å². The van der Waals surface area contributed by atoms with Crippen LogP contribution in [0, 0.1) is 17.9 Å². The summed E-state index contributed by atoms with van der Waals surface area (Å²) >= 11 is -0.0902. The normalized spacial score (nSPS) is 13.7. The van der Waals surface area contributed by atoms with Crippen LogP contribution in [0.4, 0.5) is 21.5 Å². The summed E-state index contributed by atoms with van der Waals surface area (Å²) in [5, 5.41) is 13.5. The minimum Gasteiger partial charge on any atom is 3.00 e. The topological polar surface area (TPSA) is 56.3 Å². The van der Waals surface area contributed by atoms with Crippen LogP contribution < -0.4 is 9.30 Å². The molecule has 0 saturated carbocycles. The SMILES string of the molecule is CC(C)c1ccc2c(c1)oc1cc(N3c4ccccc4[N-]C3c3[c-]ccc4c3sc3nc5c(ccc6ccccc65)cc34)ccc12.[CH3][Ge]([CH3])([CH3])[c]1ccc(-c2[c-]cccc2F)nc1.[Ir+3]. The molecule has 1 aliphatic rings. The van der Waals surface area contributed by atoms with Crippen molar-refractivity contribution in [1.29, 1.82) is 0 Å². The molecule has 1 aliphatic heterocycles. The molecule has 5 heterocycles. The van der Waals surface area contributed by atoms with Gasteiger partial charge in [-0.15, -0.1) is 16.6 Å². The average Bonchev–Trinajstić information content (AvgIpc) is 3.99. The van der Waals surface area contributed by atoms with E-state index in [0.29, 0.717) is 17.2 Å². The monoisotopic (exact) mass is 1090 g/mol. The standard InChI is InChI=1S/C41H27N3OS.C14H15FGeN.Ir/c1-23(2)25-16-18-29-30-19-17-27(22-37(30)45-36(29)21-25)44-35-13-6-5-12-34(35)42-40(44)32-11-7-10-31-33-20-26-15-14-24-8-3-4-9-28(24)38(26)43-41(33)46-39(31)32;1-16(2,3)11-8-9-14(17-10-11)12-6-4-5-7-13(12)15;/h3-10,12-23,40H,1-2H3;4-5,7-10H,1-3H3;/q-2;-1;+3. The van der Waals surface area contributed by atoms with E-state index in [9.17, 15) is 4.39 Å². The summed E-state index contributed by atoms with van der Waals surface area (Å²) in [7, 11) is 0. The first-order chi connectivity index (χ1) is 30.6. The average molecular weight is 1090 g/mol. The van der Waals surface area contributed by atoms with Crippen LogP contribution in [0.1, 0.15) is 37.1 Å². The number of fused-ring (bicyclic) bond motifs is 10. The first kappa shape index (κ1) is 42.1. The number of nitrogens with zero attached hydrogens (tertiary/aromatic N) is 4. The van der Waals surface area contributed by atoms with E-state index < -0.39 is 13.3 Å². The van der Waals surface area contributed by atoms with Gasteiger partial charge in [-0.25, -0.2) is 4.98 Å². The summed E-state index contributed by atoms with van der Waals surface area (Å²) in [6.07, 6.45) is 1.61. The van der Waals surface area contributed by atoms with Gasteiger partial charge < -0.3 is 14.6 Å². The second kappa shape index (κ2) is 16.6. The molecular weight excluding hydrogens is 1050 g/mol. The van der Waals surface area contributed by atoms with Gasteiger partial charge in [-0.2, -0.15) is 29.5 Å². The van der Waals surface area contributed by atoms with Crippen LogP contribution in [0.5, 0.6) is 0 Å². The number of para-hydroxylation sites is 2. The summed E-state index contributed by atoms with van der Waals surface area (Å²) < 4.78 is 22.5. The Morgan fingerprint density at radius 2 is 1.52 bits per heavy atom. The Balaban J connectivity index is 0.000000228. The molecule has 12 rings (SSSR count). The van der Waals surface area contributed by atoms with Gasteiger partial charge in [-0.05, 0) is 58.8 Å². The van der Waals surface area contributed by atoms with Crippen LogP contribution in [0.2, 0.25) is 17.3 Å². The maximum absolute atomic E-state index is 13.6. The second-order valence-electron chi connectivity index (χ2n) is 17.6. The van der Waals surface area contributed by atoms with Crippen molar-refractivity contribution in [3.05, 3.63) is 186 Å². The van der Waals surface area contributed by atoms with Crippen molar-refractivity contribution in [2.75, 3.05) is 4.90 Å². The predicted octanol–water partition coefficient (Wildman–Crippen LogP) is 15.7. The molecule has 64 heavy (non-hydrogen) atoms. The van der Waals surface area contributed by atoms with Crippen molar-refractivity contribution >= 4 is 110 Å². The van der Waals surface area contributed by atoms with Gasteiger partial charge in [0, 0.05) is 39.0 Å². The maximum Gasteiger partial charge on any atom is 3.00 e. The van der Waals surface area contributed by atoms with E-state index in [1.165, 1.54) is 42.3 Å². The first-order valence-corrected chi connectivity index (χ1v) is 29.5. The third-order valence-electron chi connectivity index (χ3n) is 12.2. The molecule has 0 spiro atoms. The molecule has 0 amide bonds. The summed E-state index contributed by atoms with van der Waals surface area (Å²) in [6.45, 7) is 4.43. The van der Waals surface area contributed by atoms with Crippen LogP contribution in [-0.4, -0.2) is 23.2 Å². The van der Waals surface area contributed by atoms with Crippen molar-refractivity contribution in [2.45, 2.75) is 43.2 Å². The van der Waals surface area contributed by atoms with Gasteiger partial charge in [0.25, 0.3) is 0 Å². The number of rotatable bonds is 5. The molecule has 0 bridgehead atoms. The third-order valence-corrected chi connectivity index (χ3v) is 17.6. The summed E-state index contributed by atoms with van der Waals surface area (Å²) in [5.74, 6) is 7.10. The molecule has 1 unspecified atom stereocenters. The van der Waals surface area contributed by atoms with Crippen LogP contribution in [0.15, 0.2) is 156 Å². The van der Waals surface area contributed by atoms with Gasteiger partial charge in [-0.3, -0.25) is 0 Å².